The van der Waals surface area contributed by atoms with Crippen molar-refractivity contribution in [2.45, 2.75) is 19.4 Å². The second-order valence-electron chi connectivity index (χ2n) is 7.23. The highest BCUT2D eigenvalue weighted by Gasteiger charge is 2.12. The fourth-order valence-corrected chi connectivity index (χ4v) is 4.33. The largest absolute Gasteiger partial charge is 0.493 e. The number of carbonyl (C=O) groups is 1. The van der Waals surface area contributed by atoms with Crippen LogP contribution in [0.1, 0.15) is 29.0 Å². The first-order valence-electron chi connectivity index (χ1n) is 10.3. The van der Waals surface area contributed by atoms with Crippen LogP contribution >= 0.6 is 11.3 Å². The number of thiazole rings is 1. The number of carboxylic acids is 1. The summed E-state index contributed by atoms with van der Waals surface area (Å²) < 4.78 is 12.6. The van der Waals surface area contributed by atoms with E-state index in [1.165, 1.54) is 0 Å². The van der Waals surface area contributed by atoms with E-state index in [0.29, 0.717) is 24.5 Å². The topological polar surface area (TPSA) is 68.7 Å². The molecule has 1 N–H and O–H groups in total. The number of ether oxygens (including phenoxy) is 2. The van der Waals surface area contributed by atoms with Crippen LogP contribution < -0.4 is 9.47 Å². The Labute approximate surface area is 190 Å². The molecule has 0 aliphatic heterocycles. The summed E-state index contributed by atoms with van der Waals surface area (Å²) in [5, 5.41) is 10.0. The Morgan fingerprint density at radius 2 is 1.78 bits per heavy atom. The molecule has 6 heteroatoms. The van der Waals surface area contributed by atoms with E-state index < -0.39 is 5.97 Å². The smallest absolute Gasteiger partial charge is 0.303 e. The van der Waals surface area contributed by atoms with Gasteiger partial charge in [-0.1, -0.05) is 48.5 Å². The normalized spacial score (nSPS) is 11.5. The maximum Gasteiger partial charge on any atom is 0.303 e. The lowest BCUT2D eigenvalue weighted by atomic mass is 10.1. The van der Waals surface area contributed by atoms with Crippen molar-refractivity contribution in [3.63, 3.8) is 0 Å². The molecule has 0 spiro atoms. The van der Waals surface area contributed by atoms with E-state index in [0.717, 1.165) is 31.9 Å². The number of methoxy groups -OCH3 is 1. The minimum absolute atomic E-state index is 0.0389. The van der Waals surface area contributed by atoms with E-state index in [1.54, 1.807) is 18.4 Å². The first kappa shape index (κ1) is 21.6. The van der Waals surface area contributed by atoms with Gasteiger partial charge >= 0.3 is 5.97 Å². The van der Waals surface area contributed by atoms with Crippen molar-refractivity contribution < 1.29 is 19.4 Å². The van der Waals surface area contributed by atoms with E-state index in [2.05, 4.69) is 0 Å². The van der Waals surface area contributed by atoms with Crippen LogP contribution in [-0.2, 0) is 11.4 Å². The molecule has 4 rings (SSSR count). The zero-order valence-corrected chi connectivity index (χ0v) is 18.5. The number of nitrogens with zero attached hydrogens (tertiary/aromatic N) is 1. The van der Waals surface area contributed by atoms with Gasteiger partial charge < -0.3 is 14.6 Å². The predicted molar refractivity (Wildman–Crippen MR) is 128 cm³/mol. The van der Waals surface area contributed by atoms with Crippen LogP contribution in [-0.4, -0.2) is 23.2 Å². The Morgan fingerprint density at radius 1 is 1.00 bits per heavy atom. The quantitative estimate of drug-likeness (QED) is 0.328. The first-order chi connectivity index (χ1) is 15.6. The number of fused-ring (bicyclic) bond motifs is 1. The second-order valence-corrected chi connectivity index (χ2v) is 8.27. The highest BCUT2D eigenvalue weighted by atomic mass is 32.1. The molecule has 0 atom stereocenters. The Balaban J connectivity index is 1.62. The molecule has 162 valence electrons. The molecule has 0 aliphatic rings. The summed E-state index contributed by atoms with van der Waals surface area (Å²) in [7, 11) is 1.61. The van der Waals surface area contributed by atoms with Crippen LogP contribution in [0.5, 0.6) is 11.5 Å². The van der Waals surface area contributed by atoms with Gasteiger partial charge in [0.1, 0.15) is 11.6 Å². The summed E-state index contributed by atoms with van der Waals surface area (Å²) in [6, 6.07) is 23.6. The van der Waals surface area contributed by atoms with Gasteiger partial charge in [0.2, 0.25) is 0 Å². The molecule has 5 nitrogen and oxygen atoms in total. The Kier molecular flexibility index (Phi) is 6.82. The Bertz CT molecular complexity index is 1210. The number of aliphatic carboxylic acids is 1. The molecule has 3 aromatic carbocycles. The standard InChI is InChI=1S/C26H23NO4S/c1-30-23-16-19(11-13-22(23)31-17-18-7-3-2-4-8-18)15-20(12-14-25(28)29)26-27-21-9-5-6-10-24(21)32-26/h2-11,13,15-16H,12,14,17H2,1H3,(H,28,29)/b20-15-. The van der Waals surface area contributed by atoms with Gasteiger partial charge in [0.05, 0.1) is 17.3 Å². The van der Waals surface area contributed by atoms with Crippen molar-refractivity contribution in [1.29, 1.82) is 0 Å². The van der Waals surface area contributed by atoms with E-state index in [1.807, 2.05) is 78.9 Å². The van der Waals surface area contributed by atoms with E-state index in [4.69, 9.17) is 14.5 Å². The molecule has 0 saturated heterocycles. The van der Waals surface area contributed by atoms with Gasteiger partial charge in [0.15, 0.2) is 11.5 Å². The third-order valence-electron chi connectivity index (χ3n) is 4.94. The lowest BCUT2D eigenvalue weighted by Crippen LogP contribution is -1.98. The fourth-order valence-electron chi connectivity index (χ4n) is 3.32. The number of rotatable bonds is 9. The van der Waals surface area contributed by atoms with Crippen LogP contribution in [0, 0.1) is 0 Å². The molecule has 0 unspecified atom stereocenters. The van der Waals surface area contributed by atoms with E-state index in [9.17, 15) is 9.90 Å². The highest BCUT2D eigenvalue weighted by molar-refractivity contribution is 7.19. The second kappa shape index (κ2) is 10.1. The summed E-state index contributed by atoms with van der Waals surface area (Å²) in [5.41, 5.74) is 3.77. The molecule has 32 heavy (non-hydrogen) atoms. The maximum atomic E-state index is 11.2. The van der Waals surface area contributed by atoms with Crippen LogP contribution in [0.25, 0.3) is 21.9 Å². The lowest BCUT2D eigenvalue weighted by molar-refractivity contribution is -0.136. The molecule has 1 aromatic heterocycles. The summed E-state index contributed by atoms with van der Waals surface area (Å²) in [4.78, 5) is 15.9. The average Bonchev–Trinajstić information content (AvgIpc) is 3.25. The predicted octanol–water partition coefficient (Wildman–Crippen LogP) is 6.29. The van der Waals surface area contributed by atoms with Crippen LogP contribution in [0.15, 0.2) is 72.8 Å². The summed E-state index contributed by atoms with van der Waals surface area (Å²) in [6.45, 7) is 0.446. The van der Waals surface area contributed by atoms with Gasteiger partial charge in [-0.25, -0.2) is 4.98 Å². The molecule has 4 aromatic rings. The lowest BCUT2D eigenvalue weighted by Gasteiger charge is -2.12. The third kappa shape index (κ3) is 5.34. The molecular weight excluding hydrogens is 422 g/mol. The van der Waals surface area contributed by atoms with E-state index >= 15 is 0 Å². The number of allylic oxidation sites excluding steroid dienone is 1. The summed E-state index contributed by atoms with van der Waals surface area (Å²) in [6.07, 6.45) is 2.41. The first-order valence-corrected chi connectivity index (χ1v) is 11.1. The van der Waals surface area contributed by atoms with Crippen molar-refractivity contribution in [3.05, 3.63) is 88.9 Å². The van der Waals surface area contributed by atoms with Crippen molar-refractivity contribution in [3.8, 4) is 11.5 Å². The number of aromatic nitrogens is 1. The van der Waals surface area contributed by atoms with Gasteiger partial charge in [0, 0.05) is 6.42 Å². The highest BCUT2D eigenvalue weighted by Crippen LogP contribution is 2.34. The molecule has 0 bridgehead atoms. The average molecular weight is 446 g/mol. The van der Waals surface area contributed by atoms with Crippen LogP contribution in [0.2, 0.25) is 0 Å². The zero-order valence-electron chi connectivity index (χ0n) is 17.7. The van der Waals surface area contributed by atoms with Crippen molar-refractivity contribution in [1.82, 2.24) is 4.98 Å². The van der Waals surface area contributed by atoms with Crippen molar-refractivity contribution in [2.75, 3.05) is 7.11 Å². The molecule has 0 saturated carbocycles. The van der Waals surface area contributed by atoms with Gasteiger partial charge in [-0.2, -0.15) is 0 Å². The number of hydrogen-bond acceptors (Lipinski definition) is 5. The molecule has 0 radical (unpaired) electrons. The number of carboxylic acid groups (broad SMARTS) is 1. The SMILES string of the molecule is COc1cc(/C=C(/CCC(=O)O)c2nc3ccccc3s2)ccc1OCc1ccccc1. The van der Waals surface area contributed by atoms with Gasteiger partial charge in [-0.15, -0.1) is 11.3 Å². The summed E-state index contributed by atoms with van der Waals surface area (Å²) >= 11 is 1.57. The Morgan fingerprint density at radius 3 is 2.53 bits per heavy atom. The Hall–Kier alpha value is -3.64. The summed E-state index contributed by atoms with van der Waals surface area (Å²) in [5.74, 6) is 0.441. The monoisotopic (exact) mass is 445 g/mol. The minimum Gasteiger partial charge on any atom is -0.493 e. The number of para-hydroxylation sites is 1. The minimum atomic E-state index is -0.834. The third-order valence-corrected chi connectivity index (χ3v) is 6.05. The van der Waals surface area contributed by atoms with Gasteiger partial charge in [-0.3, -0.25) is 4.79 Å². The van der Waals surface area contributed by atoms with Crippen molar-refractivity contribution in [2.24, 2.45) is 0 Å². The van der Waals surface area contributed by atoms with Crippen molar-refractivity contribution >= 4 is 39.2 Å². The molecule has 0 fully saturated rings. The van der Waals surface area contributed by atoms with Gasteiger partial charge in [0.25, 0.3) is 0 Å². The van der Waals surface area contributed by atoms with E-state index in [-0.39, 0.29) is 6.42 Å². The zero-order chi connectivity index (χ0) is 22.3. The number of hydrogen-bond donors (Lipinski definition) is 1. The fraction of sp³-hybridized carbons (Fsp3) is 0.154. The molecule has 0 aliphatic carbocycles. The number of benzene rings is 3. The molecular formula is C26H23NO4S. The van der Waals surface area contributed by atoms with Crippen LogP contribution in [0.3, 0.4) is 0 Å². The maximum absolute atomic E-state index is 11.2. The van der Waals surface area contributed by atoms with Crippen LogP contribution in [0.4, 0.5) is 0 Å². The molecule has 0 amide bonds. The molecule has 1 heterocycles. The van der Waals surface area contributed by atoms with Gasteiger partial charge in [-0.05, 0) is 53.5 Å².